The van der Waals surface area contributed by atoms with Gasteiger partial charge in [-0.1, -0.05) is 115 Å². The van der Waals surface area contributed by atoms with Crippen molar-refractivity contribution in [1.29, 1.82) is 0 Å². The summed E-state index contributed by atoms with van der Waals surface area (Å²) in [6.07, 6.45) is 5.95. The molecule has 2 nitrogen and oxygen atoms in total. The second-order valence-electron chi connectivity index (χ2n) is 8.24. The Balaban J connectivity index is 0.000000502. The van der Waals surface area contributed by atoms with Gasteiger partial charge in [0.1, 0.15) is 0 Å². The molecule has 0 saturated heterocycles. The summed E-state index contributed by atoms with van der Waals surface area (Å²) < 4.78 is 0. The second kappa shape index (κ2) is 17.8. The van der Waals surface area contributed by atoms with Crippen LogP contribution in [0.2, 0.25) is 0 Å². The third-order valence-electron chi connectivity index (χ3n) is 5.66. The molecule has 3 aromatic rings. The van der Waals surface area contributed by atoms with Gasteiger partial charge in [-0.3, -0.25) is 0 Å². The SMILES string of the molecule is C=C(NC)c1[nH]c(C)c(C(=C)C)c1C.C=Cc1cccc(CC)c1.C=Cc1cccc(CC)c1.CC. The van der Waals surface area contributed by atoms with Crippen LogP contribution in [0.25, 0.3) is 23.4 Å². The van der Waals surface area contributed by atoms with E-state index in [1.54, 1.807) is 0 Å². The average molecular weight is 485 g/mol. The molecule has 36 heavy (non-hydrogen) atoms. The maximum Gasteiger partial charge on any atom is 0.0647 e. The van der Waals surface area contributed by atoms with Crippen LogP contribution in [0.1, 0.15) is 79.4 Å². The number of nitrogens with one attached hydrogen (secondary N) is 2. The molecule has 1 heterocycles. The molecule has 0 unspecified atom stereocenters. The molecule has 0 bridgehead atoms. The van der Waals surface area contributed by atoms with Gasteiger partial charge in [0.2, 0.25) is 0 Å². The van der Waals surface area contributed by atoms with E-state index in [-0.39, 0.29) is 0 Å². The molecule has 2 heteroatoms. The van der Waals surface area contributed by atoms with Gasteiger partial charge in [-0.15, -0.1) is 0 Å². The fraction of sp³-hybridized carbons (Fsp3) is 0.294. The van der Waals surface area contributed by atoms with Crippen LogP contribution < -0.4 is 5.32 Å². The van der Waals surface area contributed by atoms with Gasteiger partial charge in [-0.25, -0.2) is 0 Å². The van der Waals surface area contributed by atoms with Crippen molar-refractivity contribution in [3.8, 4) is 0 Å². The Kier molecular flexibility index (Phi) is 16.1. The lowest BCUT2D eigenvalue weighted by atomic mass is 10.0. The summed E-state index contributed by atoms with van der Waals surface area (Å²) in [4.78, 5) is 3.32. The highest BCUT2D eigenvalue weighted by Gasteiger charge is 2.12. The van der Waals surface area contributed by atoms with Crippen LogP contribution in [0.5, 0.6) is 0 Å². The number of allylic oxidation sites excluding steroid dienone is 1. The fourth-order valence-electron chi connectivity index (χ4n) is 3.70. The molecule has 0 fully saturated rings. The zero-order chi connectivity index (χ0) is 27.7. The minimum atomic E-state index is 0.915. The van der Waals surface area contributed by atoms with Crippen molar-refractivity contribution in [2.75, 3.05) is 7.05 Å². The topological polar surface area (TPSA) is 27.8 Å². The molecule has 3 rings (SSSR count). The van der Waals surface area contributed by atoms with E-state index in [1.807, 2.05) is 40.0 Å². The van der Waals surface area contributed by atoms with Crippen molar-refractivity contribution in [3.05, 3.63) is 120 Å². The van der Waals surface area contributed by atoms with Crippen LogP contribution in [0.15, 0.2) is 74.8 Å². The molecule has 0 saturated carbocycles. The molecule has 0 amide bonds. The van der Waals surface area contributed by atoms with E-state index in [4.69, 9.17) is 0 Å². The predicted octanol–water partition coefficient (Wildman–Crippen LogP) is 9.66. The molecule has 2 aromatic carbocycles. The Hall–Kier alpha value is -3.52. The van der Waals surface area contributed by atoms with Crippen molar-refractivity contribution in [2.24, 2.45) is 0 Å². The largest absolute Gasteiger partial charge is 0.387 e. The van der Waals surface area contributed by atoms with Crippen LogP contribution >= 0.6 is 0 Å². The van der Waals surface area contributed by atoms with Crippen LogP contribution in [0.4, 0.5) is 0 Å². The highest BCUT2D eigenvalue weighted by atomic mass is 14.9. The summed E-state index contributed by atoms with van der Waals surface area (Å²) in [6.45, 7) is 29.8. The van der Waals surface area contributed by atoms with E-state index < -0.39 is 0 Å². The first-order valence-electron chi connectivity index (χ1n) is 12.9. The zero-order valence-corrected chi connectivity index (χ0v) is 24.0. The number of hydrogen-bond acceptors (Lipinski definition) is 1. The van der Waals surface area contributed by atoms with Gasteiger partial charge >= 0.3 is 0 Å². The number of benzene rings is 2. The van der Waals surface area contributed by atoms with Gasteiger partial charge < -0.3 is 10.3 Å². The normalized spacial score (nSPS) is 9.22. The number of hydrogen-bond donors (Lipinski definition) is 2. The van der Waals surface area contributed by atoms with Crippen LogP contribution in [0.3, 0.4) is 0 Å². The first-order chi connectivity index (χ1) is 17.2. The first-order valence-corrected chi connectivity index (χ1v) is 12.9. The summed E-state index contributed by atoms with van der Waals surface area (Å²) in [6, 6.07) is 16.8. The molecule has 0 radical (unpaired) electrons. The quantitative estimate of drug-likeness (QED) is 0.343. The van der Waals surface area contributed by atoms with Gasteiger partial charge in [0.05, 0.1) is 11.4 Å². The highest BCUT2D eigenvalue weighted by molar-refractivity contribution is 5.74. The number of rotatable bonds is 7. The Bertz CT molecular complexity index is 1060. The minimum Gasteiger partial charge on any atom is -0.387 e. The molecule has 0 aliphatic carbocycles. The lowest BCUT2D eigenvalue weighted by Gasteiger charge is -2.04. The second-order valence-corrected chi connectivity index (χ2v) is 8.24. The predicted molar refractivity (Wildman–Crippen MR) is 166 cm³/mol. The van der Waals surface area contributed by atoms with Gasteiger partial charge in [0.25, 0.3) is 0 Å². The Morgan fingerprint density at radius 2 is 1.31 bits per heavy atom. The average Bonchev–Trinajstić information content (AvgIpc) is 3.23. The monoisotopic (exact) mass is 484 g/mol. The summed E-state index contributed by atoms with van der Waals surface area (Å²) in [5.41, 5.74) is 11.8. The smallest absolute Gasteiger partial charge is 0.0647 e. The Labute approximate surface area is 221 Å². The highest BCUT2D eigenvalue weighted by Crippen LogP contribution is 2.26. The van der Waals surface area contributed by atoms with Crippen molar-refractivity contribution in [3.63, 3.8) is 0 Å². The number of H-pyrrole nitrogens is 1. The molecule has 0 aliphatic heterocycles. The molecule has 0 spiro atoms. The van der Waals surface area contributed by atoms with E-state index in [1.165, 1.54) is 33.4 Å². The summed E-state index contributed by atoms with van der Waals surface area (Å²) >= 11 is 0. The first kappa shape index (κ1) is 32.5. The van der Waals surface area contributed by atoms with E-state index in [2.05, 4.69) is 113 Å². The van der Waals surface area contributed by atoms with Gasteiger partial charge in [0.15, 0.2) is 0 Å². The van der Waals surface area contributed by atoms with E-state index in [0.717, 1.165) is 35.5 Å². The van der Waals surface area contributed by atoms with E-state index in [9.17, 15) is 0 Å². The van der Waals surface area contributed by atoms with Crippen LogP contribution in [-0.4, -0.2) is 12.0 Å². The van der Waals surface area contributed by atoms with Crippen LogP contribution in [0, 0.1) is 13.8 Å². The van der Waals surface area contributed by atoms with Gasteiger partial charge in [-0.05, 0) is 67.0 Å². The minimum absolute atomic E-state index is 0.915. The Morgan fingerprint density at radius 1 is 0.861 bits per heavy atom. The Morgan fingerprint density at radius 3 is 1.61 bits per heavy atom. The third kappa shape index (κ3) is 10.4. The summed E-state index contributed by atoms with van der Waals surface area (Å²) in [7, 11) is 1.87. The number of aromatic nitrogens is 1. The maximum absolute atomic E-state index is 3.98. The van der Waals surface area contributed by atoms with Crippen molar-refractivity contribution >= 4 is 23.4 Å². The number of aryl methyl sites for hydroxylation is 3. The number of aromatic amines is 1. The maximum atomic E-state index is 3.98. The standard InChI is InChI=1S/C12H18N2.2C10H12.C2H6/c1-7(2)11-8(3)12(10(5)13-6)14-9(11)4;2*1-3-9-6-5-7-10(4-2)8-9;1-2/h13-14H,1,5H2,2-4,6H3;2*3,5-8H,1,4H2,2H3;1-2H3. The lowest BCUT2D eigenvalue weighted by molar-refractivity contribution is 1.09. The zero-order valence-electron chi connectivity index (χ0n) is 24.0. The van der Waals surface area contributed by atoms with Gasteiger partial charge in [0, 0.05) is 18.3 Å². The van der Waals surface area contributed by atoms with Crippen molar-refractivity contribution in [2.45, 2.75) is 61.3 Å². The molecular weight excluding hydrogens is 436 g/mol. The summed E-state index contributed by atoms with van der Waals surface area (Å²) in [5.74, 6) is 0. The van der Waals surface area contributed by atoms with Gasteiger partial charge in [-0.2, -0.15) is 0 Å². The fourth-order valence-corrected chi connectivity index (χ4v) is 3.70. The van der Waals surface area contributed by atoms with Crippen molar-refractivity contribution in [1.82, 2.24) is 10.3 Å². The molecule has 0 atom stereocenters. The van der Waals surface area contributed by atoms with E-state index >= 15 is 0 Å². The molecule has 0 aliphatic rings. The van der Waals surface area contributed by atoms with Crippen molar-refractivity contribution < 1.29 is 0 Å². The summed E-state index contributed by atoms with van der Waals surface area (Å²) in [5, 5.41) is 3.05. The van der Waals surface area contributed by atoms with E-state index in [0.29, 0.717) is 0 Å². The molecule has 2 N–H and O–H groups in total. The van der Waals surface area contributed by atoms with Crippen LogP contribution in [-0.2, 0) is 12.8 Å². The molecule has 194 valence electrons. The molecule has 1 aromatic heterocycles. The lowest BCUT2D eigenvalue weighted by Crippen LogP contribution is -2.04. The molecular formula is C34H48N2. The third-order valence-corrected chi connectivity index (χ3v) is 5.66.